The van der Waals surface area contributed by atoms with E-state index in [1.165, 1.54) is 23.8 Å². The Labute approximate surface area is 213 Å². The van der Waals surface area contributed by atoms with Gasteiger partial charge in [-0.05, 0) is 82.5 Å². The lowest BCUT2D eigenvalue weighted by molar-refractivity contribution is -0.274. The van der Waals surface area contributed by atoms with Crippen LogP contribution in [0.3, 0.4) is 0 Å². The molecule has 1 heterocycles. The second kappa shape index (κ2) is 8.87. The molecule has 0 saturated carbocycles. The van der Waals surface area contributed by atoms with Crippen LogP contribution in [-0.2, 0) is 15.6 Å². The highest BCUT2D eigenvalue weighted by molar-refractivity contribution is 8.18. The molecule has 192 valence electrons. The Hall–Kier alpha value is -2.94. The maximum Gasteiger partial charge on any atom is 0.573 e. The molecule has 0 bridgehead atoms. The van der Waals surface area contributed by atoms with Crippen molar-refractivity contribution in [3.05, 3.63) is 51.9 Å². The predicted molar refractivity (Wildman–Crippen MR) is 137 cm³/mol. The summed E-state index contributed by atoms with van der Waals surface area (Å²) in [6, 6.07) is 8.33. The Kier molecular flexibility index (Phi) is 6.44. The molecule has 2 aromatic rings. The molecule has 0 atom stereocenters. The van der Waals surface area contributed by atoms with Crippen LogP contribution in [0.2, 0.25) is 0 Å². The van der Waals surface area contributed by atoms with Crippen LogP contribution in [0.15, 0.2) is 35.2 Å². The van der Waals surface area contributed by atoms with E-state index < -0.39 is 17.5 Å². The smallest absolute Gasteiger partial charge is 0.405 e. The molecule has 1 saturated heterocycles. The Balaban J connectivity index is 1.97. The lowest BCUT2D eigenvalue weighted by Gasteiger charge is -2.43. The molecule has 2 aliphatic rings. The van der Waals surface area contributed by atoms with Crippen molar-refractivity contribution in [3.63, 3.8) is 0 Å². The van der Waals surface area contributed by atoms with Gasteiger partial charge in [0.15, 0.2) is 0 Å². The summed E-state index contributed by atoms with van der Waals surface area (Å²) in [7, 11) is 3.71. The highest BCUT2D eigenvalue weighted by Crippen LogP contribution is 2.50. The van der Waals surface area contributed by atoms with Gasteiger partial charge in [-0.15, -0.1) is 13.2 Å². The third-order valence-corrected chi connectivity index (χ3v) is 7.72. The van der Waals surface area contributed by atoms with Crippen molar-refractivity contribution < 1.29 is 27.5 Å². The SMILES string of the molecule is CN(C)c1cc2c(cc1-c1cc(/C=C3/SC(=O)NC3=O)ccc1OC(F)(F)F)C(C)(C)CCC2(C)C. The van der Waals surface area contributed by atoms with Gasteiger partial charge in [0.1, 0.15) is 5.75 Å². The largest absolute Gasteiger partial charge is 0.573 e. The minimum atomic E-state index is -4.88. The van der Waals surface area contributed by atoms with Gasteiger partial charge in [0.05, 0.1) is 4.91 Å². The van der Waals surface area contributed by atoms with Crippen LogP contribution in [0.25, 0.3) is 17.2 Å². The number of hydrogen-bond donors (Lipinski definition) is 1. The normalized spacial score (nSPS) is 19.8. The first-order valence-electron chi connectivity index (χ1n) is 11.6. The van der Waals surface area contributed by atoms with Crippen LogP contribution < -0.4 is 15.0 Å². The number of carbonyl (C=O) groups is 2. The van der Waals surface area contributed by atoms with E-state index in [-0.39, 0.29) is 27.0 Å². The van der Waals surface area contributed by atoms with Crippen LogP contribution >= 0.6 is 11.8 Å². The van der Waals surface area contributed by atoms with Crippen molar-refractivity contribution in [3.8, 4) is 16.9 Å². The molecule has 1 fully saturated rings. The number of thioether (sulfide) groups is 1. The number of fused-ring (bicyclic) bond motifs is 1. The number of hydrogen-bond acceptors (Lipinski definition) is 5. The summed E-state index contributed by atoms with van der Waals surface area (Å²) in [6.45, 7) is 8.69. The van der Waals surface area contributed by atoms with Crippen LogP contribution in [0.5, 0.6) is 5.75 Å². The standard InChI is InChI=1S/C27H29F3N2O3S/c1-25(2)9-10-26(3,4)19-14-20(32(5)6)16(13-18(19)25)17-11-15(7-8-21(17)35-27(28,29)30)12-22-23(33)31-24(34)36-22/h7-8,11-14H,9-10H2,1-6H3,(H,31,33,34)/b22-12+. The second-order valence-corrected chi connectivity index (χ2v) is 11.7. The van der Waals surface area contributed by atoms with E-state index in [0.29, 0.717) is 11.1 Å². The first-order chi connectivity index (χ1) is 16.6. The number of halogens is 3. The van der Waals surface area contributed by atoms with Crippen LogP contribution in [0.4, 0.5) is 23.7 Å². The Morgan fingerprint density at radius 1 is 0.972 bits per heavy atom. The molecule has 1 N–H and O–H groups in total. The Morgan fingerprint density at radius 2 is 1.58 bits per heavy atom. The lowest BCUT2D eigenvalue weighted by Crippen LogP contribution is -2.34. The maximum absolute atomic E-state index is 13.4. The molecule has 0 unspecified atom stereocenters. The summed E-state index contributed by atoms with van der Waals surface area (Å²) >= 11 is 0.753. The van der Waals surface area contributed by atoms with Crippen molar-refractivity contribution in [2.45, 2.75) is 57.7 Å². The van der Waals surface area contributed by atoms with Gasteiger partial charge < -0.3 is 9.64 Å². The molecular weight excluding hydrogens is 489 g/mol. The quantitative estimate of drug-likeness (QED) is 0.442. The fourth-order valence-corrected chi connectivity index (χ4v) is 5.50. The maximum atomic E-state index is 13.4. The number of rotatable bonds is 4. The molecule has 2 aromatic carbocycles. The van der Waals surface area contributed by atoms with Gasteiger partial charge in [0, 0.05) is 30.9 Å². The zero-order chi connectivity index (χ0) is 26.6. The average Bonchev–Trinajstić information content (AvgIpc) is 3.07. The van der Waals surface area contributed by atoms with Gasteiger partial charge in [-0.1, -0.05) is 33.8 Å². The number of alkyl halides is 3. The molecule has 5 nitrogen and oxygen atoms in total. The Morgan fingerprint density at radius 3 is 2.11 bits per heavy atom. The van der Waals surface area contributed by atoms with Crippen molar-refractivity contribution in [2.75, 3.05) is 19.0 Å². The van der Waals surface area contributed by atoms with E-state index in [0.717, 1.165) is 35.9 Å². The molecular formula is C27H29F3N2O3S. The molecule has 2 amide bonds. The molecule has 4 rings (SSSR count). The molecule has 1 aliphatic carbocycles. The van der Waals surface area contributed by atoms with Crippen molar-refractivity contribution >= 4 is 34.7 Å². The van der Waals surface area contributed by atoms with Crippen molar-refractivity contribution in [1.29, 1.82) is 0 Å². The van der Waals surface area contributed by atoms with Crippen molar-refractivity contribution in [2.24, 2.45) is 0 Å². The van der Waals surface area contributed by atoms with Crippen LogP contribution in [0.1, 0.15) is 57.2 Å². The fraction of sp³-hybridized carbons (Fsp3) is 0.407. The van der Waals surface area contributed by atoms with Crippen molar-refractivity contribution in [1.82, 2.24) is 5.32 Å². The predicted octanol–water partition coefficient (Wildman–Crippen LogP) is 6.99. The van der Waals surface area contributed by atoms with Gasteiger partial charge in [-0.2, -0.15) is 0 Å². The summed E-state index contributed by atoms with van der Waals surface area (Å²) in [4.78, 5) is 25.7. The molecule has 1 aliphatic heterocycles. The fourth-order valence-electron chi connectivity index (χ4n) is 4.82. The monoisotopic (exact) mass is 518 g/mol. The number of nitrogens with zero attached hydrogens (tertiary/aromatic N) is 1. The highest BCUT2D eigenvalue weighted by atomic mass is 32.2. The summed E-state index contributed by atoms with van der Waals surface area (Å²) in [5.41, 5.74) is 4.14. The van der Waals surface area contributed by atoms with E-state index in [2.05, 4.69) is 43.8 Å². The Bertz CT molecular complexity index is 1280. The number of amides is 2. The lowest BCUT2D eigenvalue weighted by atomic mass is 9.62. The van der Waals surface area contributed by atoms with Gasteiger partial charge in [-0.3, -0.25) is 14.9 Å². The minimum absolute atomic E-state index is 0.0781. The van der Waals surface area contributed by atoms with Gasteiger partial charge in [-0.25, -0.2) is 0 Å². The topological polar surface area (TPSA) is 58.6 Å². The molecule has 36 heavy (non-hydrogen) atoms. The van der Waals surface area contributed by atoms with E-state index >= 15 is 0 Å². The number of anilines is 1. The second-order valence-electron chi connectivity index (χ2n) is 10.7. The first kappa shape index (κ1) is 26.1. The average molecular weight is 519 g/mol. The van der Waals surface area contributed by atoms with Gasteiger partial charge in [0.25, 0.3) is 11.1 Å². The zero-order valence-electron chi connectivity index (χ0n) is 21.1. The van der Waals surface area contributed by atoms with E-state index in [9.17, 15) is 22.8 Å². The number of nitrogens with one attached hydrogen (secondary N) is 1. The summed E-state index contributed by atoms with van der Waals surface area (Å²) in [5, 5.41) is 1.70. The number of ether oxygens (including phenoxy) is 1. The molecule has 9 heteroatoms. The van der Waals surface area contributed by atoms with Crippen LogP contribution in [-0.4, -0.2) is 31.6 Å². The summed E-state index contributed by atoms with van der Waals surface area (Å²) in [5.74, 6) is -0.867. The zero-order valence-corrected chi connectivity index (χ0v) is 21.9. The highest BCUT2D eigenvalue weighted by Gasteiger charge is 2.39. The molecule has 0 radical (unpaired) electrons. The van der Waals surface area contributed by atoms with Crippen LogP contribution in [0, 0.1) is 0 Å². The number of imide groups is 1. The molecule has 0 spiro atoms. The van der Waals surface area contributed by atoms with E-state index in [4.69, 9.17) is 0 Å². The number of carbonyl (C=O) groups excluding carboxylic acids is 2. The van der Waals surface area contributed by atoms with Gasteiger partial charge >= 0.3 is 6.36 Å². The van der Waals surface area contributed by atoms with Gasteiger partial charge in [0.2, 0.25) is 0 Å². The first-order valence-corrected chi connectivity index (χ1v) is 12.4. The van der Waals surface area contributed by atoms with E-state index in [1.807, 2.05) is 25.1 Å². The third-order valence-electron chi connectivity index (χ3n) is 6.91. The molecule has 0 aromatic heterocycles. The third kappa shape index (κ3) is 5.12. The van der Waals surface area contributed by atoms with E-state index in [1.54, 1.807) is 6.07 Å². The summed E-state index contributed by atoms with van der Waals surface area (Å²) in [6.07, 6.45) is -1.43. The number of benzene rings is 2. The summed E-state index contributed by atoms with van der Waals surface area (Å²) < 4.78 is 44.6. The minimum Gasteiger partial charge on any atom is -0.405 e.